The summed E-state index contributed by atoms with van der Waals surface area (Å²) in [5.41, 5.74) is 2.35. The molecule has 0 bridgehead atoms. The van der Waals surface area contributed by atoms with E-state index in [9.17, 15) is 0 Å². The van der Waals surface area contributed by atoms with E-state index in [0.717, 1.165) is 43.5 Å². The molecule has 1 saturated heterocycles. The van der Waals surface area contributed by atoms with Gasteiger partial charge in [-0.3, -0.25) is 9.89 Å². The second-order valence-corrected chi connectivity index (χ2v) is 7.48. The predicted molar refractivity (Wildman–Crippen MR) is 109 cm³/mol. The monoisotopic (exact) mass is 361 g/mol. The number of guanidine groups is 1. The summed E-state index contributed by atoms with van der Waals surface area (Å²) in [5, 5.41) is 6.87. The summed E-state index contributed by atoms with van der Waals surface area (Å²) in [5.74, 6) is 1.76. The lowest BCUT2D eigenvalue weighted by atomic mass is 10.1. The molecule has 26 heavy (non-hydrogen) atoms. The number of ether oxygens (including phenoxy) is 1. The first-order chi connectivity index (χ1) is 12.4. The summed E-state index contributed by atoms with van der Waals surface area (Å²) in [4.78, 5) is 9.15. The molecule has 1 aliphatic heterocycles. The van der Waals surface area contributed by atoms with Gasteiger partial charge in [-0.05, 0) is 46.5 Å². The van der Waals surface area contributed by atoms with Gasteiger partial charge in [-0.15, -0.1) is 0 Å². The van der Waals surface area contributed by atoms with E-state index in [2.05, 4.69) is 78.5 Å². The maximum Gasteiger partial charge on any atom is 0.191 e. The van der Waals surface area contributed by atoms with E-state index in [1.165, 1.54) is 5.56 Å². The molecule has 2 rings (SSSR count). The van der Waals surface area contributed by atoms with Crippen LogP contribution in [0.2, 0.25) is 0 Å². The zero-order chi connectivity index (χ0) is 19.1. The number of aryl methyl sites for hydroxylation is 1. The minimum Gasteiger partial charge on any atom is -0.491 e. The SMILES string of the molecule is CN=C(NCc1ccc(C)cc1OC(C)C)NCC1CN(C)CCN1C. The summed E-state index contributed by atoms with van der Waals surface area (Å²) in [7, 11) is 6.19. The molecule has 0 spiro atoms. The number of piperazine rings is 1. The summed E-state index contributed by atoms with van der Waals surface area (Å²) >= 11 is 0. The second kappa shape index (κ2) is 9.78. The molecular weight excluding hydrogens is 326 g/mol. The van der Waals surface area contributed by atoms with Gasteiger partial charge in [0.05, 0.1) is 6.10 Å². The summed E-state index contributed by atoms with van der Waals surface area (Å²) in [6.07, 6.45) is 0.159. The minimum atomic E-state index is 0.159. The molecule has 1 unspecified atom stereocenters. The third-order valence-corrected chi connectivity index (χ3v) is 4.74. The van der Waals surface area contributed by atoms with Crippen LogP contribution < -0.4 is 15.4 Å². The van der Waals surface area contributed by atoms with Gasteiger partial charge in [-0.1, -0.05) is 12.1 Å². The Bertz CT molecular complexity index is 602. The maximum absolute atomic E-state index is 5.96. The highest BCUT2D eigenvalue weighted by atomic mass is 16.5. The van der Waals surface area contributed by atoms with E-state index in [-0.39, 0.29) is 6.10 Å². The van der Waals surface area contributed by atoms with Crippen LogP contribution in [0.4, 0.5) is 0 Å². The van der Waals surface area contributed by atoms with E-state index in [1.54, 1.807) is 0 Å². The number of rotatable bonds is 6. The van der Waals surface area contributed by atoms with Crippen LogP contribution in [0.25, 0.3) is 0 Å². The van der Waals surface area contributed by atoms with Crippen molar-refractivity contribution < 1.29 is 4.74 Å². The van der Waals surface area contributed by atoms with Crippen molar-refractivity contribution in [1.29, 1.82) is 0 Å². The van der Waals surface area contributed by atoms with Crippen molar-refractivity contribution >= 4 is 5.96 Å². The van der Waals surface area contributed by atoms with Gasteiger partial charge in [-0.2, -0.15) is 0 Å². The van der Waals surface area contributed by atoms with E-state index in [1.807, 2.05) is 7.05 Å². The predicted octanol–water partition coefficient (Wildman–Crippen LogP) is 1.69. The average molecular weight is 362 g/mol. The van der Waals surface area contributed by atoms with E-state index < -0.39 is 0 Å². The highest BCUT2D eigenvalue weighted by Crippen LogP contribution is 2.21. The standard InChI is InChI=1S/C20H35N5O/c1-15(2)26-19-11-16(3)7-8-17(19)12-22-20(21-4)23-13-18-14-24(5)9-10-25(18)6/h7-8,11,15,18H,9-10,12-14H2,1-6H3,(H2,21,22,23). The van der Waals surface area contributed by atoms with Gasteiger partial charge in [-0.25, -0.2) is 0 Å². The maximum atomic E-state index is 5.96. The number of hydrogen-bond acceptors (Lipinski definition) is 4. The molecular formula is C20H35N5O. The van der Waals surface area contributed by atoms with Crippen LogP contribution in [0.1, 0.15) is 25.0 Å². The number of aliphatic imine (C=N–C) groups is 1. The lowest BCUT2D eigenvalue weighted by molar-refractivity contribution is 0.116. The molecule has 1 aromatic carbocycles. The first kappa shape index (κ1) is 20.5. The Morgan fingerprint density at radius 2 is 2.04 bits per heavy atom. The molecule has 0 radical (unpaired) electrons. The normalized spacial score (nSPS) is 19.7. The first-order valence-electron chi connectivity index (χ1n) is 9.48. The third kappa shape index (κ3) is 6.18. The quantitative estimate of drug-likeness (QED) is 0.597. The Morgan fingerprint density at radius 3 is 2.73 bits per heavy atom. The number of likely N-dealkylation sites (N-methyl/N-ethyl adjacent to an activating group) is 2. The van der Waals surface area contributed by atoms with Gasteiger partial charge in [0.2, 0.25) is 0 Å². The average Bonchev–Trinajstić information content (AvgIpc) is 2.58. The Morgan fingerprint density at radius 1 is 1.27 bits per heavy atom. The van der Waals surface area contributed by atoms with Crippen molar-refractivity contribution in [1.82, 2.24) is 20.4 Å². The Balaban J connectivity index is 1.91. The lowest BCUT2D eigenvalue weighted by Crippen LogP contribution is -2.55. The highest BCUT2D eigenvalue weighted by Gasteiger charge is 2.22. The van der Waals surface area contributed by atoms with E-state index in [4.69, 9.17) is 4.74 Å². The fourth-order valence-electron chi connectivity index (χ4n) is 3.11. The van der Waals surface area contributed by atoms with Crippen molar-refractivity contribution in [3.8, 4) is 5.75 Å². The largest absolute Gasteiger partial charge is 0.491 e. The van der Waals surface area contributed by atoms with Crippen molar-refractivity contribution in [2.24, 2.45) is 4.99 Å². The minimum absolute atomic E-state index is 0.159. The molecule has 0 aliphatic carbocycles. The number of hydrogen-bond donors (Lipinski definition) is 2. The van der Waals surface area contributed by atoms with Crippen LogP contribution >= 0.6 is 0 Å². The molecule has 1 aromatic rings. The summed E-state index contributed by atoms with van der Waals surface area (Å²) in [6.45, 7) is 11.1. The van der Waals surface area contributed by atoms with E-state index in [0.29, 0.717) is 12.6 Å². The fraction of sp³-hybridized carbons (Fsp3) is 0.650. The van der Waals surface area contributed by atoms with Crippen LogP contribution in [-0.2, 0) is 6.54 Å². The van der Waals surface area contributed by atoms with Crippen LogP contribution in [0.5, 0.6) is 5.75 Å². The molecule has 6 nitrogen and oxygen atoms in total. The number of nitrogens with one attached hydrogen (secondary N) is 2. The molecule has 0 amide bonds. The van der Waals surface area contributed by atoms with Crippen molar-refractivity contribution in [3.05, 3.63) is 29.3 Å². The molecule has 1 aliphatic rings. The number of benzene rings is 1. The highest BCUT2D eigenvalue weighted by molar-refractivity contribution is 5.79. The molecule has 2 N–H and O–H groups in total. The second-order valence-electron chi connectivity index (χ2n) is 7.48. The van der Waals surface area contributed by atoms with Crippen LogP contribution in [0.15, 0.2) is 23.2 Å². The molecule has 0 saturated carbocycles. The van der Waals surface area contributed by atoms with Crippen LogP contribution in [-0.4, -0.2) is 75.2 Å². The van der Waals surface area contributed by atoms with Gasteiger partial charge in [0.1, 0.15) is 5.75 Å². The zero-order valence-corrected chi connectivity index (χ0v) is 17.2. The Labute approximate surface area is 158 Å². The molecule has 0 aromatic heterocycles. The molecule has 1 fully saturated rings. The van der Waals surface area contributed by atoms with Gasteiger partial charge in [0.25, 0.3) is 0 Å². The van der Waals surface area contributed by atoms with Gasteiger partial charge in [0.15, 0.2) is 5.96 Å². The van der Waals surface area contributed by atoms with E-state index >= 15 is 0 Å². The molecule has 6 heteroatoms. The van der Waals surface area contributed by atoms with Gasteiger partial charge in [0, 0.05) is 51.4 Å². The third-order valence-electron chi connectivity index (χ3n) is 4.74. The molecule has 1 atom stereocenters. The van der Waals surface area contributed by atoms with Crippen molar-refractivity contribution in [2.75, 3.05) is 47.3 Å². The zero-order valence-electron chi connectivity index (χ0n) is 17.2. The first-order valence-corrected chi connectivity index (χ1v) is 9.48. The van der Waals surface area contributed by atoms with Crippen molar-refractivity contribution in [2.45, 2.75) is 39.5 Å². The van der Waals surface area contributed by atoms with Crippen molar-refractivity contribution in [3.63, 3.8) is 0 Å². The Hall–Kier alpha value is -1.79. The lowest BCUT2D eigenvalue weighted by Gasteiger charge is -2.37. The summed E-state index contributed by atoms with van der Waals surface area (Å²) < 4.78 is 5.96. The summed E-state index contributed by atoms with van der Waals surface area (Å²) in [6, 6.07) is 6.83. The Kier molecular flexibility index (Phi) is 7.72. The van der Waals surface area contributed by atoms with Gasteiger partial charge >= 0.3 is 0 Å². The molecule has 1 heterocycles. The fourth-order valence-corrected chi connectivity index (χ4v) is 3.11. The smallest absolute Gasteiger partial charge is 0.191 e. The number of nitrogens with zero attached hydrogens (tertiary/aromatic N) is 3. The molecule has 146 valence electrons. The van der Waals surface area contributed by atoms with Gasteiger partial charge < -0.3 is 20.3 Å². The van der Waals surface area contributed by atoms with Crippen LogP contribution in [0, 0.1) is 6.92 Å². The van der Waals surface area contributed by atoms with Crippen LogP contribution in [0.3, 0.4) is 0 Å². The topological polar surface area (TPSA) is 52.1 Å².